The Kier molecular flexibility index (Phi) is 5.79. The standard InChI is InChI=1S/C18H15FN6O2.C7H12FN/c1-27-18-20-7-12-16(23-18)14(19)15(22-17(12)25-3-2-4-25)10-5-9(26)6-13-11(10)8-21-24-13;8-6-4-7-2-1-3-9(7)5-6/h5-8,26H,2-4H2,1H3,(H,21,24);6-7H,1-5H2. The van der Waals surface area contributed by atoms with E-state index in [0.717, 1.165) is 32.5 Å². The molecule has 4 aromatic rings. The number of H-pyrrole nitrogens is 1. The van der Waals surface area contributed by atoms with E-state index in [0.29, 0.717) is 40.3 Å². The molecule has 0 aliphatic carbocycles. The number of aromatic amines is 1. The first-order valence-corrected chi connectivity index (χ1v) is 12.2. The van der Waals surface area contributed by atoms with Crippen LogP contribution in [0.5, 0.6) is 11.8 Å². The third-order valence-electron chi connectivity index (χ3n) is 7.24. The maximum Gasteiger partial charge on any atom is 0.316 e. The fraction of sp³-hybridized carbons (Fsp3) is 0.440. The summed E-state index contributed by atoms with van der Waals surface area (Å²) >= 11 is 0. The van der Waals surface area contributed by atoms with Gasteiger partial charge in [-0.2, -0.15) is 10.1 Å². The molecular weight excluding hydrogens is 468 g/mol. The second-order valence-electron chi connectivity index (χ2n) is 9.51. The fourth-order valence-corrected chi connectivity index (χ4v) is 5.33. The number of alkyl halides is 1. The van der Waals surface area contributed by atoms with Gasteiger partial charge < -0.3 is 14.7 Å². The lowest BCUT2D eigenvalue weighted by Gasteiger charge is -2.33. The molecule has 3 saturated heterocycles. The number of benzene rings is 1. The Morgan fingerprint density at radius 1 is 1.11 bits per heavy atom. The number of pyridine rings is 1. The highest BCUT2D eigenvalue weighted by Gasteiger charge is 2.34. The van der Waals surface area contributed by atoms with Gasteiger partial charge in [-0.25, -0.2) is 18.7 Å². The third kappa shape index (κ3) is 3.97. The number of aromatic nitrogens is 5. The summed E-state index contributed by atoms with van der Waals surface area (Å²) in [5.74, 6) is 0.0205. The van der Waals surface area contributed by atoms with Crippen LogP contribution < -0.4 is 9.64 Å². The molecular formula is C25H27F2N7O2. The molecule has 0 amide bonds. The van der Waals surface area contributed by atoms with Crippen molar-refractivity contribution in [2.45, 2.75) is 37.9 Å². The van der Waals surface area contributed by atoms with Crippen molar-refractivity contribution in [2.75, 3.05) is 38.2 Å². The first-order valence-electron chi connectivity index (χ1n) is 12.2. The molecule has 6 heterocycles. The van der Waals surface area contributed by atoms with Crippen molar-refractivity contribution in [3.8, 4) is 23.0 Å². The third-order valence-corrected chi connectivity index (χ3v) is 7.24. The second-order valence-corrected chi connectivity index (χ2v) is 9.51. The summed E-state index contributed by atoms with van der Waals surface area (Å²) in [5, 5.41) is 18.0. The number of rotatable bonds is 3. The number of fused-ring (bicyclic) bond motifs is 3. The van der Waals surface area contributed by atoms with E-state index in [1.165, 1.54) is 38.3 Å². The fourth-order valence-electron chi connectivity index (χ4n) is 5.33. The number of halogens is 2. The molecule has 1 aromatic carbocycles. The summed E-state index contributed by atoms with van der Waals surface area (Å²) in [6.45, 7) is 3.52. The number of hydrogen-bond acceptors (Lipinski definition) is 8. The number of phenols is 1. The number of anilines is 1. The van der Waals surface area contributed by atoms with Crippen LogP contribution in [0.25, 0.3) is 33.1 Å². The van der Waals surface area contributed by atoms with Crippen molar-refractivity contribution in [1.29, 1.82) is 0 Å². The van der Waals surface area contributed by atoms with Crippen LogP contribution >= 0.6 is 0 Å². The van der Waals surface area contributed by atoms with Gasteiger partial charge in [0.15, 0.2) is 5.82 Å². The van der Waals surface area contributed by atoms with Crippen molar-refractivity contribution in [3.63, 3.8) is 0 Å². The Hall–Kier alpha value is -3.60. The van der Waals surface area contributed by atoms with Gasteiger partial charge in [-0.3, -0.25) is 10.00 Å². The highest BCUT2D eigenvalue weighted by Crippen LogP contribution is 2.38. The maximum atomic E-state index is 15.5. The minimum Gasteiger partial charge on any atom is -0.508 e. The second kappa shape index (κ2) is 9.12. The van der Waals surface area contributed by atoms with Crippen LogP contribution in [0.2, 0.25) is 0 Å². The van der Waals surface area contributed by atoms with E-state index in [4.69, 9.17) is 4.74 Å². The Morgan fingerprint density at radius 2 is 1.97 bits per heavy atom. The van der Waals surface area contributed by atoms with Gasteiger partial charge in [-0.1, -0.05) is 0 Å². The van der Waals surface area contributed by atoms with Crippen LogP contribution in [-0.2, 0) is 0 Å². The smallest absolute Gasteiger partial charge is 0.316 e. The van der Waals surface area contributed by atoms with E-state index in [-0.39, 0.29) is 23.0 Å². The molecule has 188 valence electrons. The average molecular weight is 496 g/mol. The molecule has 7 rings (SSSR count). The Morgan fingerprint density at radius 3 is 2.72 bits per heavy atom. The Balaban J connectivity index is 0.000000223. The van der Waals surface area contributed by atoms with Crippen molar-refractivity contribution in [3.05, 3.63) is 30.3 Å². The SMILES string of the molecule is COc1ncc2c(N3CCC3)nc(-c3cc(O)cc4[nH]ncc34)c(F)c2n1.FC1CC2CCCN2C1. The first-order chi connectivity index (χ1) is 17.5. The number of ether oxygens (including phenoxy) is 1. The molecule has 0 spiro atoms. The summed E-state index contributed by atoms with van der Waals surface area (Å²) in [4.78, 5) is 17.2. The number of nitrogens with zero attached hydrogens (tertiary/aromatic N) is 6. The Labute approximate surface area is 206 Å². The molecule has 11 heteroatoms. The van der Waals surface area contributed by atoms with Crippen LogP contribution in [0.3, 0.4) is 0 Å². The molecule has 3 aromatic heterocycles. The monoisotopic (exact) mass is 495 g/mol. The summed E-state index contributed by atoms with van der Waals surface area (Å²) in [7, 11) is 1.43. The van der Waals surface area contributed by atoms with Crippen molar-refractivity contribution in [1.82, 2.24) is 30.0 Å². The zero-order valence-electron chi connectivity index (χ0n) is 19.9. The number of hydrogen-bond donors (Lipinski definition) is 2. The number of nitrogens with one attached hydrogen (secondary N) is 1. The van der Waals surface area contributed by atoms with Gasteiger partial charge in [0.05, 0.1) is 24.2 Å². The number of phenolic OH excluding ortho intramolecular Hbond substituents is 1. The maximum absolute atomic E-state index is 15.5. The van der Waals surface area contributed by atoms with Gasteiger partial charge in [0.1, 0.15) is 28.9 Å². The molecule has 9 nitrogen and oxygen atoms in total. The normalized spacial score (nSPS) is 21.4. The first kappa shape index (κ1) is 22.8. The van der Waals surface area contributed by atoms with E-state index in [1.54, 1.807) is 6.20 Å². The van der Waals surface area contributed by atoms with Crippen LogP contribution in [-0.4, -0.2) is 80.7 Å². The molecule has 2 N–H and O–H groups in total. The molecule has 2 atom stereocenters. The topological polar surface area (TPSA) is 103 Å². The zero-order chi connectivity index (χ0) is 24.8. The van der Waals surface area contributed by atoms with Gasteiger partial charge in [0, 0.05) is 48.9 Å². The molecule has 0 saturated carbocycles. The molecule has 36 heavy (non-hydrogen) atoms. The molecule has 3 aliphatic rings. The lowest BCUT2D eigenvalue weighted by Crippen LogP contribution is -2.38. The number of aromatic hydroxyl groups is 1. The highest BCUT2D eigenvalue weighted by atomic mass is 19.1. The molecule has 3 fully saturated rings. The molecule has 0 bridgehead atoms. The van der Waals surface area contributed by atoms with E-state index < -0.39 is 12.0 Å². The quantitative estimate of drug-likeness (QED) is 0.442. The van der Waals surface area contributed by atoms with Crippen LogP contribution in [0.4, 0.5) is 14.6 Å². The lowest BCUT2D eigenvalue weighted by molar-refractivity contribution is 0.292. The van der Waals surface area contributed by atoms with Crippen molar-refractivity contribution >= 4 is 27.6 Å². The zero-order valence-corrected chi connectivity index (χ0v) is 19.9. The van der Waals surface area contributed by atoms with Crippen LogP contribution in [0.1, 0.15) is 25.7 Å². The largest absolute Gasteiger partial charge is 0.508 e. The summed E-state index contributed by atoms with van der Waals surface area (Å²) in [6.07, 6.45) is 6.97. The van der Waals surface area contributed by atoms with E-state index in [1.807, 2.05) is 0 Å². The summed E-state index contributed by atoms with van der Waals surface area (Å²) in [5.41, 5.74) is 1.27. The predicted octanol–water partition coefficient (Wildman–Crippen LogP) is 3.82. The van der Waals surface area contributed by atoms with Crippen molar-refractivity contribution in [2.24, 2.45) is 0 Å². The van der Waals surface area contributed by atoms with Gasteiger partial charge in [-0.05, 0) is 38.3 Å². The molecule has 0 radical (unpaired) electrons. The van der Waals surface area contributed by atoms with Gasteiger partial charge in [-0.15, -0.1) is 0 Å². The van der Waals surface area contributed by atoms with Crippen LogP contribution in [0, 0.1) is 5.82 Å². The van der Waals surface area contributed by atoms with E-state index in [9.17, 15) is 9.50 Å². The van der Waals surface area contributed by atoms with Crippen molar-refractivity contribution < 1.29 is 18.6 Å². The minimum absolute atomic E-state index is 0.00573. The van der Waals surface area contributed by atoms with E-state index >= 15 is 4.39 Å². The van der Waals surface area contributed by atoms with Gasteiger partial charge >= 0.3 is 6.01 Å². The highest BCUT2D eigenvalue weighted by molar-refractivity contribution is 5.99. The Bertz CT molecular complexity index is 1410. The summed E-state index contributed by atoms with van der Waals surface area (Å²) < 4.78 is 33.1. The number of methoxy groups -OCH3 is 1. The van der Waals surface area contributed by atoms with Gasteiger partial charge in [0.2, 0.25) is 0 Å². The van der Waals surface area contributed by atoms with E-state index in [2.05, 4.69) is 34.9 Å². The van der Waals surface area contributed by atoms with Gasteiger partial charge in [0.25, 0.3) is 0 Å². The summed E-state index contributed by atoms with van der Waals surface area (Å²) in [6, 6.07) is 3.71. The average Bonchev–Trinajstić information content (AvgIpc) is 3.56. The molecule has 3 aliphatic heterocycles. The van der Waals surface area contributed by atoms with Crippen LogP contribution in [0.15, 0.2) is 24.5 Å². The lowest BCUT2D eigenvalue weighted by atomic mass is 10.0. The minimum atomic E-state index is -0.594. The predicted molar refractivity (Wildman–Crippen MR) is 132 cm³/mol. The molecule has 2 unspecified atom stereocenters.